The molecule has 0 aromatic heterocycles. The van der Waals surface area contributed by atoms with Gasteiger partial charge in [0.1, 0.15) is 0 Å². The van der Waals surface area contributed by atoms with Gasteiger partial charge in [0.2, 0.25) is 10.0 Å². The van der Waals surface area contributed by atoms with E-state index in [1.165, 1.54) is 4.31 Å². The smallest absolute Gasteiger partial charge is 0.219 e. The Morgan fingerprint density at radius 3 is 2.07 bits per heavy atom. The average Bonchev–Trinajstić information content (AvgIpc) is 2.16. The molecule has 0 amide bonds. The normalized spacial score (nSPS) is 20.3. The van der Waals surface area contributed by atoms with Gasteiger partial charge in [0, 0.05) is 25.9 Å². The molecule has 1 N–H and O–H groups in total. The van der Waals surface area contributed by atoms with Crippen molar-refractivity contribution in [1.29, 1.82) is 0 Å². The van der Waals surface area contributed by atoms with Crippen molar-refractivity contribution in [1.82, 2.24) is 4.31 Å². The lowest BCUT2D eigenvalue weighted by Crippen LogP contribution is -2.46. The molecule has 0 aromatic rings. The number of piperidine rings is 1. The number of nitrogens with zero attached hydrogens (tertiary/aromatic N) is 2. The Labute approximate surface area is 90.8 Å². The minimum absolute atomic E-state index is 0.416. The number of oxime groups is 1. The molecule has 1 rings (SSSR count). The van der Waals surface area contributed by atoms with Crippen LogP contribution in [-0.2, 0) is 10.0 Å². The van der Waals surface area contributed by atoms with Crippen molar-refractivity contribution < 1.29 is 13.6 Å². The monoisotopic (exact) mass is 234 g/mol. The summed E-state index contributed by atoms with van der Waals surface area (Å²) in [5.74, 6) is 0. The van der Waals surface area contributed by atoms with E-state index < -0.39 is 14.8 Å². The van der Waals surface area contributed by atoms with Crippen LogP contribution in [0, 0.1) is 0 Å². The summed E-state index contributed by atoms with van der Waals surface area (Å²) < 4.78 is 24.8. The summed E-state index contributed by atoms with van der Waals surface area (Å²) in [5.41, 5.74) is 0.676. The van der Waals surface area contributed by atoms with Crippen LogP contribution in [0.15, 0.2) is 5.16 Å². The highest BCUT2D eigenvalue weighted by Crippen LogP contribution is 2.22. The Balaban J connectivity index is 2.77. The molecule has 88 valence electrons. The molecule has 0 bridgehead atoms. The third-order valence-electron chi connectivity index (χ3n) is 2.55. The van der Waals surface area contributed by atoms with Crippen LogP contribution in [0.2, 0.25) is 0 Å². The lowest BCUT2D eigenvalue weighted by molar-refractivity contribution is 0.309. The predicted octanol–water partition coefficient (Wildman–Crippen LogP) is 1.04. The van der Waals surface area contributed by atoms with Crippen molar-refractivity contribution in [2.24, 2.45) is 5.16 Å². The summed E-state index contributed by atoms with van der Waals surface area (Å²) in [5, 5.41) is 11.7. The second kappa shape index (κ2) is 4.09. The van der Waals surface area contributed by atoms with Gasteiger partial charge in [-0.1, -0.05) is 5.16 Å². The van der Waals surface area contributed by atoms with E-state index in [4.69, 9.17) is 5.21 Å². The van der Waals surface area contributed by atoms with Crippen LogP contribution in [0.1, 0.15) is 33.6 Å². The molecular formula is C9H18N2O3S. The second-order valence-electron chi connectivity index (χ2n) is 4.68. The van der Waals surface area contributed by atoms with Crippen LogP contribution in [0.25, 0.3) is 0 Å². The zero-order chi connectivity index (χ0) is 11.7. The van der Waals surface area contributed by atoms with Crippen LogP contribution >= 0.6 is 0 Å². The van der Waals surface area contributed by atoms with Crippen LogP contribution in [0.3, 0.4) is 0 Å². The van der Waals surface area contributed by atoms with Gasteiger partial charge in [-0.2, -0.15) is 0 Å². The van der Waals surface area contributed by atoms with Crippen LogP contribution < -0.4 is 0 Å². The molecule has 6 heteroatoms. The van der Waals surface area contributed by atoms with E-state index >= 15 is 0 Å². The minimum Gasteiger partial charge on any atom is -0.411 e. The zero-order valence-corrected chi connectivity index (χ0v) is 10.2. The van der Waals surface area contributed by atoms with Gasteiger partial charge in [0.15, 0.2) is 0 Å². The van der Waals surface area contributed by atoms with Crippen molar-refractivity contribution in [3.63, 3.8) is 0 Å². The Hall–Kier alpha value is -0.620. The SMILES string of the molecule is CC(C)(C)S(=O)(=O)N1CCC(=NO)CC1. The molecule has 1 fully saturated rings. The Bertz CT molecular complexity index is 344. The topological polar surface area (TPSA) is 70.0 Å². The first-order chi connectivity index (χ1) is 6.79. The Morgan fingerprint density at radius 2 is 1.73 bits per heavy atom. The molecule has 1 saturated heterocycles. The molecule has 15 heavy (non-hydrogen) atoms. The quantitative estimate of drug-likeness (QED) is 0.544. The molecule has 0 unspecified atom stereocenters. The molecule has 0 spiro atoms. The number of rotatable bonds is 1. The average molecular weight is 234 g/mol. The fraction of sp³-hybridized carbons (Fsp3) is 0.889. The molecule has 0 aliphatic carbocycles. The van der Waals surface area contributed by atoms with Gasteiger partial charge in [-0.05, 0) is 20.8 Å². The molecule has 0 saturated carbocycles. The van der Waals surface area contributed by atoms with Crippen molar-refractivity contribution in [3.05, 3.63) is 0 Å². The van der Waals surface area contributed by atoms with E-state index in [9.17, 15) is 8.42 Å². The molecule has 0 atom stereocenters. The molecule has 1 aliphatic heterocycles. The number of hydrogen-bond acceptors (Lipinski definition) is 4. The number of hydrogen-bond donors (Lipinski definition) is 1. The van der Waals surface area contributed by atoms with E-state index in [2.05, 4.69) is 5.16 Å². The van der Waals surface area contributed by atoms with E-state index in [0.29, 0.717) is 31.6 Å². The van der Waals surface area contributed by atoms with Gasteiger partial charge >= 0.3 is 0 Å². The summed E-state index contributed by atoms with van der Waals surface area (Å²) in [6, 6.07) is 0. The summed E-state index contributed by atoms with van der Waals surface area (Å²) in [4.78, 5) is 0. The van der Waals surface area contributed by atoms with E-state index in [-0.39, 0.29) is 0 Å². The van der Waals surface area contributed by atoms with Gasteiger partial charge in [-0.15, -0.1) is 0 Å². The van der Waals surface area contributed by atoms with Gasteiger partial charge in [-0.3, -0.25) is 0 Å². The van der Waals surface area contributed by atoms with Crippen molar-refractivity contribution in [3.8, 4) is 0 Å². The minimum atomic E-state index is -3.23. The maximum Gasteiger partial charge on any atom is 0.219 e. The highest BCUT2D eigenvalue weighted by atomic mass is 32.2. The molecule has 1 heterocycles. The predicted molar refractivity (Wildman–Crippen MR) is 58.7 cm³/mol. The highest BCUT2D eigenvalue weighted by molar-refractivity contribution is 7.90. The maximum atomic E-state index is 12.0. The molecule has 5 nitrogen and oxygen atoms in total. The first-order valence-corrected chi connectivity index (χ1v) is 6.42. The lowest BCUT2D eigenvalue weighted by Gasteiger charge is -2.32. The number of sulfonamides is 1. The lowest BCUT2D eigenvalue weighted by atomic mass is 10.1. The highest BCUT2D eigenvalue weighted by Gasteiger charge is 2.36. The van der Waals surface area contributed by atoms with Crippen molar-refractivity contribution in [2.75, 3.05) is 13.1 Å². The largest absolute Gasteiger partial charge is 0.411 e. The van der Waals surface area contributed by atoms with Gasteiger partial charge in [0.05, 0.1) is 10.5 Å². The Kier molecular flexibility index (Phi) is 3.40. The molecule has 1 aliphatic rings. The van der Waals surface area contributed by atoms with Crippen molar-refractivity contribution in [2.45, 2.75) is 38.4 Å². The van der Waals surface area contributed by atoms with Gasteiger partial charge in [-0.25, -0.2) is 12.7 Å². The zero-order valence-electron chi connectivity index (χ0n) is 9.39. The van der Waals surface area contributed by atoms with Crippen LogP contribution in [0.5, 0.6) is 0 Å². The summed E-state index contributed by atoms with van der Waals surface area (Å²) in [6.07, 6.45) is 1.04. The fourth-order valence-corrected chi connectivity index (χ4v) is 2.91. The van der Waals surface area contributed by atoms with Crippen LogP contribution in [0.4, 0.5) is 0 Å². The molecule has 0 aromatic carbocycles. The summed E-state index contributed by atoms with van der Waals surface area (Å²) in [7, 11) is -3.23. The third kappa shape index (κ3) is 2.49. The van der Waals surface area contributed by atoms with Crippen molar-refractivity contribution >= 4 is 15.7 Å². The van der Waals surface area contributed by atoms with E-state index in [1.54, 1.807) is 20.8 Å². The fourth-order valence-electron chi connectivity index (χ4n) is 1.47. The van der Waals surface area contributed by atoms with E-state index in [0.717, 1.165) is 0 Å². The second-order valence-corrected chi connectivity index (χ2v) is 7.37. The van der Waals surface area contributed by atoms with Gasteiger partial charge in [0.25, 0.3) is 0 Å². The molecular weight excluding hydrogens is 216 g/mol. The maximum absolute atomic E-state index is 12.0. The van der Waals surface area contributed by atoms with Crippen LogP contribution in [-0.4, -0.2) is 41.5 Å². The van der Waals surface area contributed by atoms with E-state index in [1.807, 2.05) is 0 Å². The summed E-state index contributed by atoms with van der Waals surface area (Å²) >= 11 is 0. The molecule has 0 radical (unpaired) electrons. The standard InChI is InChI=1S/C9H18N2O3S/c1-9(2,3)15(13,14)11-6-4-8(10-12)5-7-11/h12H,4-7H2,1-3H3. The Morgan fingerprint density at radius 1 is 1.27 bits per heavy atom. The summed E-state index contributed by atoms with van der Waals surface area (Å²) in [6.45, 7) is 5.91. The first kappa shape index (κ1) is 12.4. The van der Waals surface area contributed by atoms with Gasteiger partial charge < -0.3 is 5.21 Å². The first-order valence-electron chi connectivity index (χ1n) is 4.98. The third-order valence-corrected chi connectivity index (χ3v) is 5.15.